The molecule has 138 valence electrons. The summed E-state index contributed by atoms with van der Waals surface area (Å²) in [6.07, 6.45) is 3.17. The predicted octanol–water partition coefficient (Wildman–Crippen LogP) is 1.49. The maximum absolute atomic E-state index is 13.3. The Kier molecular flexibility index (Phi) is 7.15. The number of esters is 1. The van der Waals surface area contributed by atoms with Crippen LogP contribution in [-0.4, -0.2) is 46.4 Å². The van der Waals surface area contributed by atoms with Gasteiger partial charge < -0.3 is 10.1 Å². The molecule has 2 aromatic rings. The molecule has 2 N–H and O–H groups in total. The minimum Gasteiger partial charge on any atom is -0.455 e. The summed E-state index contributed by atoms with van der Waals surface area (Å²) in [6.45, 7) is 1.51. The molecule has 1 aromatic carbocycles. The number of halogens is 1. The normalized spacial score (nSPS) is 10.2. The van der Waals surface area contributed by atoms with Gasteiger partial charge in [0.1, 0.15) is 5.82 Å². The Morgan fingerprint density at radius 2 is 2.15 bits per heavy atom. The number of nitrogens with one attached hydrogen (secondary N) is 2. The molecule has 2 rings (SSSR count). The fourth-order valence-electron chi connectivity index (χ4n) is 1.90. The third kappa shape index (κ3) is 5.88. The molecule has 26 heavy (non-hydrogen) atoms. The molecule has 1 aromatic heterocycles. The molecule has 0 atom stereocenters. The van der Waals surface area contributed by atoms with Crippen molar-refractivity contribution in [2.24, 2.45) is 0 Å². The van der Waals surface area contributed by atoms with Gasteiger partial charge in [-0.25, -0.2) is 14.2 Å². The summed E-state index contributed by atoms with van der Waals surface area (Å²) >= 11 is 1.08. The highest BCUT2D eigenvalue weighted by molar-refractivity contribution is 7.99. The first-order valence-electron chi connectivity index (χ1n) is 7.65. The van der Waals surface area contributed by atoms with Crippen molar-refractivity contribution in [2.45, 2.75) is 12.1 Å². The zero-order valence-electron chi connectivity index (χ0n) is 13.9. The van der Waals surface area contributed by atoms with Gasteiger partial charge in [-0.05, 0) is 25.1 Å². The monoisotopic (exact) mass is 380 g/mol. The summed E-state index contributed by atoms with van der Waals surface area (Å²) in [5.41, 5.74) is 0.569. The minimum atomic E-state index is -0.726. The number of carbonyl (C=O) groups is 3. The Morgan fingerprint density at radius 1 is 1.35 bits per heavy atom. The molecule has 10 heteroatoms. The number of carbonyl (C=O) groups excluding carboxylic acids is 3. The molecule has 0 aliphatic heterocycles. The van der Waals surface area contributed by atoms with Crippen LogP contribution in [0.25, 0.3) is 5.69 Å². The summed E-state index contributed by atoms with van der Waals surface area (Å²) in [7, 11) is 0. The van der Waals surface area contributed by atoms with Gasteiger partial charge in [0, 0.05) is 18.9 Å². The van der Waals surface area contributed by atoms with Crippen molar-refractivity contribution in [2.75, 3.05) is 18.9 Å². The Hall–Kier alpha value is -2.88. The van der Waals surface area contributed by atoms with E-state index in [0.717, 1.165) is 11.8 Å². The first-order valence-corrected chi connectivity index (χ1v) is 8.63. The number of amides is 3. The van der Waals surface area contributed by atoms with Crippen LogP contribution in [-0.2, 0) is 14.3 Å². The van der Waals surface area contributed by atoms with Crippen LogP contribution in [0.4, 0.5) is 9.18 Å². The number of hydrogen-bond donors (Lipinski definition) is 2. The number of ether oxygens (including phenoxy) is 1. The summed E-state index contributed by atoms with van der Waals surface area (Å²) in [5, 5.41) is 4.87. The third-order valence-corrected chi connectivity index (χ3v) is 3.91. The second-order valence-electron chi connectivity index (χ2n) is 4.92. The van der Waals surface area contributed by atoms with E-state index in [9.17, 15) is 18.8 Å². The predicted molar refractivity (Wildman–Crippen MR) is 92.4 cm³/mol. The summed E-state index contributed by atoms with van der Waals surface area (Å²) in [4.78, 5) is 38.4. The van der Waals surface area contributed by atoms with Crippen LogP contribution in [0.1, 0.15) is 6.92 Å². The number of aromatic nitrogens is 2. The first-order chi connectivity index (χ1) is 12.5. The summed E-state index contributed by atoms with van der Waals surface area (Å²) < 4.78 is 19.8. The van der Waals surface area contributed by atoms with Gasteiger partial charge in [-0.2, -0.15) is 0 Å². The van der Waals surface area contributed by atoms with Crippen molar-refractivity contribution in [1.29, 1.82) is 0 Å². The van der Waals surface area contributed by atoms with Gasteiger partial charge in [0.05, 0.1) is 11.4 Å². The average Bonchev–Trinajstić information content (AvgIpc) is 3.07. The summed E-state index contributed by atoms with van der Waals surface area (Å²) in [5.74, 6) is -1.85. The van der Waals surface area contributed by atoms with Crippen molar-refractivity contribution in [3.8, 4) is 5.69 Å². The lowest BCUT2D eigenvalue weighted by molar-refractivity contribution is -0.145. The molecule has 0 bridgehead atoms. The van der Waals surface area contributed by atoms with Crippen LogP contribution in [0.15, 0.2) is 41.8 Å². The van der Waals surface area contributed by atoms with E-state index in [4.69, 9.17) is 4.74 Å². The van der Waals surface area contributed by atoms with Gasteiger partial charge in [-0.15, -0.1) is 0 Å². The van der Waals surface area contributed by atoms with E-state index >= 15 is 0 Å². The molecule has 0 unspecified atom stereocenters. The van der Waals surface area contributed by atoms with E-state index in [0.29, 0.717) is 17.4 Å². The topological polar surface area (TPSA) is 102 Å². The molecule has 0 spiro atoms. The SMILES string of the molecule is CCNC(=O)NC(=O)COC(=O)CSc1nccn1-c1cccc(F)c1. The summed E-state index contributed by atoms with van der Waals surface area (Å²) in [6, 6.07) is 5.30. The maximum atomic E-state index is 13.3. The molecule has 3 amide bonds. The van der Waals surface area contributed by atoms with E-state index in [1.807, 2.05) is 5.32 Å². The first kappa shape index (κ1) is 19.4. The molecule has 0 fully saturated rings. The van der Waals surface area contributed by atoms with E-state index in [2.05, 4.69) is 10.3 Å². The van der Waals surface area contributed by atoms with Crippen molar-refractivity contribution < 1.29 is 23.5 Å². The zero-order valence-corrected chi connectivity index (χ0v) is 14.7. The van der Waals surface area contributed by atoms with Gasteiger partial charge in [-0.3, -0.25) is 19.5 Å². The van der Waals surface area contributed by atoms with Crippen LogP contribution in [0.2, 0.25) is 0 Å². The van der Waals surface area contributed by atoms with E-state index in [1.54, 1.807) is 29.8 Å². The molecule has 0 aliphatic rings. The smallest absolute Gasteiger partial charge is 0.321 e. The maximum Gasteiger partial charge on any atom is 0.321 e. The Morgan fingerprint density at radius 3 is 2.88 bits per heavy atom. The minimum absolute atomic E-state index is 0.0965. The standard InChI is InChI=1S/C16H17FN4O4S/c1-2-18-15(24)20-13(22)9-25-14(23)10-26-16-19-6-7-21(16)12-5-3-4-11(17)8-12/h3-8H,2,9-10H2,1H3,(H2,18,20,22,24). The number of benzene rings is 1. The number of thioether (sulfide) groups is 1. The zero-order chi connectivity index (χ0) is 18.9. The van der Waals surface area contributed by atoms with Crippen LogP contribution >= 0.6 is 11.8 Å². The molecule has 8 nitrogen and oxygen atoms in total. The highest BCUT2D eigenvalue weighted by atomic mass is 32.2. The Bertz CT molecular complexity index is 796. The quantitative estimate of drug-likeness (QED) is 0.557. The molecular formula is C16H17FN4O4S. The molecule has 0 saturated carbocycles. The van der Waals surface area contributed by atoms with Crippen molar-refractivity contribution in [3.05, 3.63) is 42.5 Å². The van der Waals surface area contributed by atoms with Crippen LogP contribution in [0, 0.1) is 5.82 Å². The number of nitrogens with zero attached hydrogens (tertiary/aromatic N) is 2. The van der Waals surface area contributed by atoms with Crippen molar-refractivity contribution in [1.82, 2.24) is 20.2 Å². The fourth-order valence-corrected chi connectivity index (χ4v) is 2.67. The molecule has 0 aliphatic carbocycles. The lowest BCUT2D eigenvalue weighted by atomic mass is 10.3. The van der Waals surface area contributed by atoms with Gasteiger partial charge >= 0.3 is 12.0 Å². The molecule has 0 saturated heterocycles. The van der Waals surface area contributed by atoms with Crippen molar-refractivity contribution >= 4 is 29.7 Å². The molecule has 1 heterocycles. The van der Waals surface area contributed by atoms with Crippen LogP contribution in [0.5, 0.6) is 0 Å². The van der Waals surface area contributed by atoms with Gasteiger partial charge in [-0.1, -0.05) is 17.8 Å². The van der Waals surface area contributed by atoms with E-state index in [-0.39, 0.29) is 11.6 Å². The van der Waals surface area contributed by atoms with Gasteiger partial charge in [0.2, 0.25) is 0 Å². The Balaban J connectivity index is 1.82. The number of imide groups is 1. The lowest BCUT2D eigenvalue weighted by Gasteiger charge is -2.08. The second-order valence-corrected chi connectivity index (χ2v) is 5.86. The van der Waals surface area contributed by atoms with Crippen LogP contribution < -0.4 is 10.6 Å². The number of urea groups is 1. The van der Waals surface area contributed by atoms with Crippen molar-refractivity contribution in [3.63, 3.8) is 0 Å². The lowest BCUT2D eigenvalue weighted by Crippen LogP contribution is -2.41. The van der Waals surface area contributed by atoms with E-state index in [1.165, 1.54) is 18.3 Å². The van der Waals surface area contributed by atoms with E-state index < -0.39 is 24.5 Å². The van der Waals surface area contributed by atoms with Crippen LogP contribution in [0.3, 0.4) is 0 Å². The average molecular weight is 380 g/mol. The van der Waals surface area contributed by atoms with Gasteiger partial charge in [0.25, 0.3) is 5.91 Å². The molecular weight excluding hydrogens is 363 g/mol. The Labute approximate surface area is 153 Å². The number of imidazole rings is 1. The largest absolute Gasteiger partial charge is 0.455 e. The third-order valence-electron chi connectivity index (χ3n) is 2.97. The highest BCUT2D eigenvalue weighted by Gasteiger charge is 2.13. The second kappa shape index (κ2) is 9.56. The fraction of sp³-hybridized carbons (Fsp3) is 0.250. The number of rotatable bonds is 7. The highest BCUT2D eigenvalue weighted by Crippen LogP contribution is 2.20. The molecule has 0 radical (unpaired) electrons. The van der Waals surface area contributed by atoms with Gasteiger partial charge in [0.15, 0.2) is 11.8 Å². The number of hydrogen-bond acceptors (Lipinski definition) is 6.